The molecule has 2 heteroatoms. The Hall–Kier alpha value is -2.09. The largest absolute Gasteiger partial charge is 0.469 e. The second kappa shape index (κ2) is 10.8. The predicted molar refractivity (Wildman–Crippen MR) is 85.7 cm³/mol. The first-order valence-corrected chi connectivity index (χ1v) is 6.80. The van der Waals surface area contributed by atoms with Crippen molar-refractivity contribution in [3.8, 4) is 11.1 Å². The van der Waals surface area contributed by atoms with Crippen LogP contribution in [0.5, 0.6) is 0 Å². The van der Waals surface area contributed by atoms with Crippen LogP contribution in [0.25, 0.3) is 11.1 Å². The van der Waals surface area contributed by atoms with Crippen molar-refractivity contribution in [1.29, 1.82) is 0 Å². The molecular formula is C18H24O2. The summed E-state index contributed by atoms with van der Waals surface area (Å²) < 4.78 is 4.11. The molecule has 2 aromatic carbocycles. The molecule has 0 spiro atoms. The molecule has 0 amide bonds. The highest BCUT2D eigenvalue weighted by Gasteiger charge is 1.93. The Morgan fingerprint density at radius 3 is 1.65 bits per heavy atom. The predicted octanol–water partition coefficient (Wildman–Crippen LogP) is 4.87. The number of hydrogen-bond donors (Lipinski definition) is 0. The molecule has 0 bridgehead atoms. The van der Waals surface area contributed by atoms with E-state index < -0.39 is 0 Å². The Kier molecular flexibility index (Phi) is 9.67. The highest BCUT2D eigenvalue weighted by atomic mass is 16.5. The average Bonchev–Trinajstić information content (AvgIpc) is 2.51. The number of methoxy groups -OCH3 is 1. The van der Waals surface area contributed by atoms with Gasteiger partial charge in [0.2, 0.25) is 0 Å². The van der Waals surface area contributed by atoms with Crippen molar-refractivity contribution >= 4 is 5.97 Å². The lowest BCUT2D eigenvalue weighted by Crippen LogP contribution is -1.88. The molecule has 0 atom stereocenters. The first kappa shape index (κ1) is 17.9. The fourth-order valence-electron chi connectivity index (χ4n) is 1.38. The van der Waals surface area contributed by atoms with Crippen LogP contribution in [-0.2, 0) is 9.53 Å². The molecule has 0 saturated carbocycles. The molecule has 0 aromatic heterocycles. The smallest absolute Gasteiger partial charge is 0.302 e. The summed E-state index contributed by atoms with van der Waals surface area (Å²) in [6.45, 7) is 7.47. The van der Waals surface area contributed by atoms with Gasteiger partial charge in [0, 0.05) is 6.92 Å². The molecule has 108 valence electrons. The summed E-state index contributed by atoms with van der Waals surface area (Å²) in [7, 11) is 1.35. The molecule has 0 unspecified atom stereocenters. The van der Waals surface area contributed by atoms with Gasteiger partial charge in [-0.25, -0.2) is 0 Å². The minimum atomic E-state index is -0.245. The Labute approximate surface area is 122 Å². The van der Waals surface area contributed by atoms with Gasteiger partial charge >= 0.3 is 5.97 Å². The van der Waals surface area contributed by atoms with Crippen molar-refractivity contribution in [3.63, 3.8) is 0 Å². The van der Waals surface area contributed by atoms with E-state index in [0.717, 1.165) is 0 Å². The van der Waals surface area contributed by atoms with E-state index >= 15 is 0 Å². The van der Waals surface area contributed by atoms with Crippen LogP contribution >= 0.6 is 0 Å². The number of aryl methyl sites for hydroxylation is 1. The standard InChI is InChI=1S/C13H12.C3H6O2.C2H6/c1-11-7-9-13(10-8-11)12-5-3-2-4-6-12;1-3(4)5-2;1-2/h2-10H,1H3;1-2H3;1-2H3. The number of ether oxygens (including phenoxy) is 1. The quantitative estimate of drug-likeness (QED) is 0.692. The summed E-state index contributed by atoms with van der Waals surface area (Å²) in [5, 5.41) is 0. The topological polar surface area (TPSA) is 26.3 Å². The number of rotatable bonds is 1. The van der Waals surface area contributed by atoms with Gasteiger partial charge in [-0.1, -0.05) is 74.0 Å². The summed E-state index contributed by atoms with van der Waals surface area (Å²) >= 11 is 0. The van der Waals surface area contributed by atoms with Gasteiger partial charge in [-0.2, -0.15) is 0 Å². The highest BCUT2D eigenvalue weighted by molar-refractivity contribution is 5.65. The van der Waals surface area contributed by atoms with Crippen molar-refractivity contribution in [1.82, 2.24) is 0 Å². The van der Waals surface area contributed by atoms with E-state index in [1.807, 2.05) is 19.9 Å². The maximum Gasteiger partial charge on any atom is 0.302 e. The van der Waals surface area contributed by atoms with E-state index in [1.165, 1.54) is 30.7 Å². The molecule has 20 heavy (non-hydrogen) atoms. The molecule has 0 fully saturated rings. The minimum absolute atomic E-state index is 0.245. The summed E-state index contributed by atoms with van der Waals surface area (Å²) in [6.07, 6.45) is 0. The molecule has 0 aliphatic carbocycles. The van der Waals surface area contributed by atoms with Gasteiger partial charge in [-0.15, -0.1) is 0 Å². The zero-order chi connectivity index (χ0) is 15.4. The van der Waals surface area contributed by atoms with E-state index in [2.05, 4.69) is 60.2 Å². The summed E-state index contributed by atoms with van der Waals surface area (Å²) in [6, 6.07) is 19.0. The normalized spacial score (nSPS) is 8.45. The molecule has 2 rings (SSSR count). The maximum atomic E-state index is 9.59. The van der Waals surface area contributed by atoms with Gasteiger partial charge in [0.15, 0.2) is 0 Å². The SMILES string of the molecule is CC.COC(C)=O.Cc1ccc(-c2ccccc2)cc1. The van der Waals surface area contributed by atoms with Crippen molar-refractivity contribution in [2.24, 2.45) is 0 Å². The zero-order valence-electron chi connectivity index (χ0n) is 13.0. The van der Waals surface area contributed by atoms with E-state index in [1.54, 1.807) is 0 Å². The number of carbonyl (C=O) groups excluding carboxylic acids is 1. The van der Waals surface area contributed by atoms with E-state index in [0.29, 0.717) is 0 Å². The van der Waals surface area contributed by atoms with Gasteiger partial charge in [0.1, 0.15) is 0 Å². The molecular weight excluding hydrogens is 248 g/mol. The second-order valence-corrected chi connectivity index (χ2v) is 3.93. The fraction of sp³-hybridized carbons (Fsp3) is 0.278. The third-order valence-electron chi connectivity index (χ3n) is 2.45. The third kappa shape index (κ3) is 7.37. The Morgan fingerprint density at radius 1 is 0.850 bits per heavy atom. The van der Waals surface area contributed by atoms with Crippen LogP contribution in [0.15, 0.2) is 54.6 Å². The van der Waals surface area contributed by atoms with E-state index in [9.17, 15) is 4.79 Å². The van der Waals surface area contributed by atoms with E-state index in [-0.39, 0.29) is 5.97 Å². The number of carbonyl (C=O) groups is 1. The van der Waals surface area contributed by atoms with Crippen LogP contribution in [0.3, 0.4) is 0 Å². The van der Waals surface area contributed by atoms with Crippen molar-refractivity contribution < 1.29 is 9.53 Å². The van der Waals surface area contributed by atoms with Crippen LogP contribution in [0.1, 0.15) is 26.3 Å². The molecule has 2 aromatic rings. The summed E-state index contributed by atoms with van der Waals surface area (Å²) in [4.78, 5) is 9.59. The third-order valence-corrected chi connectivity index (χ3v) is 2.45. The fourth-order valence-corrected chi connectivity index (χ4v) is 1.38. The summed E-state index contributed by atoms with van der Waals surface area (Å²) in [5.74, 6) is -0.245. The lowest BCUT2D eigenvalue weighted by molar-refractivity contribution is -0.137. The van der Waals surface area contributed by atoms with Crippen LogP contribution in [0.2, 0.25) is 0 Å². The van der Waals surface area contributed by atoms with Gasteiger partial charge in [-0.05, 0) is 18.1 Å². The van der Waals surface area contributed by atoms with Gasteiger partial charge in [0.25, 0.3) is 0 Å². The Balaban J connectivity index is 0.000000441. The average molecular weight is 272 g/mol. The molecule has 0 N–H and O–H groups in total. The number of hydrogen-bond acceptors (Lipinski definition) is 2. The number of esters is 1. The van der Waals surface area contributed by atoms with Crippen LogP contribution < -0.4 is 0 Å². The Morgan fingerprint density at radius 2 is 1.25 bits per heavy atom. The minimum Gasteiger partial charge on any atom is -0.469 e. The Bertz CT molecular complexity index is 473. The number of benzene rings is 2. The van der Waals surface area contributed by atoms with Gasteiger partial charge in [-0.3, -0.25) is 4.79 Å². The first-order chi connectivity index (χ1) is 9.63. The van der Waals surface area contributed by atoms with Crippen LogP contribution in [0.4, 0.5) is 0 Å². The molecule has 0 radical (unpaired) electrons. The maximum absolute atomic E-state index is 9.59. The second-order valence-electron chi connectivity index (χ2n) is 3.93. The van der Waals surface area contributed by atoms with Crippen molar-refractivity contribution in [2.75, 3.05) is 7.11 Å². The van der Waals surface area contributed by atoms with Gasteiger partial charge < -0.3 is 4.74 Å². The molecule has 0 aliphatic rings. The first-order valence-electron chi connectivity index (χ1n) is 6.80. The molecule has 0 saturated heterocycles. The molecule has 2 nitrogen and oxygen atoms in total. The zero-order valence-corrected chi connectivity index (χ0v) is 13.0. The molecule has 0 heterocycles. The van der Waals surface area contributed by atoms with Crippen molar-refractivity contribution in [3.05, 3.63) is 60.2 Å². The highest BCUT2D eigenvalue weighted by Crippen LogP contribution is 2.18. The lowest BCUT2D eigenvalue weighted by atomic mass is 10.0. The lowest BCUT2D eigenvalue weighted by Gasteiger charge is -2.00. The summed E-state index contributed by atoms with van der Waals surface area (Å²) in [5.41, 5.74) is 3.87. The monoisotopic (exact) mass is 272 g/mol. The van der Waals surface area contributed by atoms with Crippen molar-refractivity contribution in [2.45, 2.75) is 27.7 Å². The van der Waals surface area contributed by atoms with Crippen LogP contribution in [-0.4, -0.2) is 13.1 Å². The van der Waals surface area contributed by atoms with Gasteiger partial charge in [0.05, 0.1) is 7.11 Å². The molecule has 0 aliphatic heterocycles. The van der Waals surface area contributed by atoms with E-state index in [4.69, 9.17) is 0 Å². The van der Waals surface area contributed by atoms with Crippen LogP contribution in [0, 0.1) is 6.92 Å².